The second-order valence-corrected chi connectivity index (χ2v) is 3.70. The quantitative estimate of drug-likeness (QED) is 0.517. The summed E-state index contributed by atoms with van der Waals surface area (Å²) in [4.78, 5) is 1.11. The van der Waals surface area contributed by atoms with Gasteiger partial charge in [-0.15, -0.1) is 11.8 Å². The molecule has 3 heteroatoms. The fraction of sp³-hybridized carbons (Fsp3) is 0.333. The van der Waals surface area contributed by atoms with E-state index >= 15 is 0 Å². The van der Waals surface area contributed by atoms with Crippen LogP contribution in [-0.4, -0.2) is 6.26 Å². The first-order valence-electron chi connectivity index (χ1n) is 3.77. The molecule has 0 radical (unpaired) electrons. The largest absolute Gasteiger partial charge is 0.398 e. The molecule has 0 amide bonds. The Morgan fingerprint density at radius 2 is 1.75 bits per heavy atom. The van der Waals surface area contributed by atoms with Crippen LogP contribution in [0.5, 0.6) is 0 Å². The minimum absolute atomic E-state index is 0.810. The molecule has 0 unspecified atom stereocenters. The molecule has 0 saturated carbocycles. The van der Waals surface area contributed by atoms with Crippen LogP contribution in [0.3, 0.4) is 0 Å². The van der Waals surface area contributed by atoms with Crippen LogP contribution in [0, 0.1) is 13.8 Å². The number of anilines is 2. The van der Waals surface area contributed by atoms with Gasteiger partial charge in [0.25, 0.3) is 0 Å². The third-order valence-electron chi connectivity index (χ3n) is 2.07. The van der Waals surface area contributed by atoms with Crippen molar-refractivity contribution >= 4 is 23.1 Å². The monoisotopic (exact) mass is 182 g/mol. The molecule has 0 saturated heterocycles. The first kappa shape index (κ1) is 9.26. The van der Waals surface area contributed by atoms with Gasteiger partial charge in [-0.25, -0.2) is 0 Å². The van der Waals surface area contributed by atoms with Crippen LogP contribution in [0.1, 0.15) is 11.1 Å². The summed E-state index contributed by atoms with van der Waals surface area (Å²) >= 11 is 1.65. The van der Waals surface area contributed by atoms with E-state index in [1.54, 1.807) is 11.8 Å². The number of benzene rings is 1. The Hall–Kier alpha value is -0.830. The Morgan fingerprint density at radius 1 is 1.17 bits per heavy atom. The van der Waals surface area contributed by atoms with Crippen molar-refractivity contribution in [3.63, 3.8) is 0 Å². The van der Waals surface area contributed by atoms with E-state index in [1.807, 2.05) is 26.2 Å². The van der Waals surface area contributed by atoms with Crippen molar-refractivity contribution in [2.75, 3.05) is 17.7 Å². The van der Waals surface area contributed by atoms with E-state index in [1.165, 1.54) is 0 Å². The molecule has 0 aliphatic heterocycles. The number of nitrogen functional groups attached to an aromatic ring is 2. The third kappa shape index (κ3) is 1.37. The summed E-state index contributed by atoms with van der Waals surface area (Å²) in [5.74, 6) is 0. The van der Waals surface area contributed by atoms with Gasteiger partial charge in [0.1, 0.15) is 0 Å². The van der Waals surface area contributed by atoms with Crippen LogP contribution in [-0.2, 0) is 0 Å². The Morgan fingerprint density at radius 3 is 2.25 bits per heavy atom. The van der Waals surface area contributed by atoms with Crippen molar-refractivity contribution in [1.82, 2.24) is 0 Å². The van der Waals surface area contributed by atoms with E-state index in [-0.39, 0.29) is 0 Å². The molecule has 1 aromatic rings. The molecular formula is C9H14N2S. The molecule has 12 heavy (non-hydrogen) atoms. The molecule has 1 aromatic carbocycles. The highest BCUT2D eigenvalue weighted by atomic mass is 32.2. The van der Waals surface area contributed by atoms with Gasteiger partial charge in [0.15, 0.2) is 0 Å². The minimum Gasteiger partial charge on any atom is -0.398 e. The fourth-order valence-electron chi connectivity index (χ4n) is 1.15. The average Bonchev–Trinajstić information content (AvgIpc) is 2.08. The molecule has 2 nitrogen and oxygen atoms in total. The number of thioether (sulfide) groups is 1. The molecule has 0 spiro atoms. The second kappa shape index (κ2) is 3.27. The van der Waals surface area contributed by atoms with E-state index < -0.39 is 0 Å². The SMILES string of the molecule is CSc1cc(C)c(N)c(C)c1N. The van der Waals surface area contributed by atoms with E-state index in [2.05, 4.69) is 0 Å². The second-order valence-electron chi connectivity index (χ2n) is 2.85. The Bertz CT molecular complexity index is 308. The molecule has 4 N–H and O–H groups in total. The van der Waals surface area contributed by atoms with Gasteiger partial charge in [0.2, 0.25) is 0 Å². The zero-order valence-electron chi connectivity index (χ0n) is 7.64. The average molecular weight is 182 g/mol. The third-order valence-corrected chi connectivity index (χ3v) is 2.84. The van der Waals surface area contributed by atoms with Gasteiger partial charge in [0, 0.05) is 10.6 Å². The summed E-state index contributed by atoms with van der Waals surface area (Å²) in [7, 11) is 0. The number of hydrogen-bond acceptors (Lipinski definition) is 3. The number of aryl methyl sites for hydroxylation is 1. The topological polar surface area (TPSA) is 52.0 Å². The Kier molecular flexibility index (Phi) is 2.52. The van der Waals surface area contributed by atoms with Crippen molar-refractivity contribution in [3.05, 3.63) is 17.2 Å². The summed E-state index contributed by atoms with van der Waals surface area (Å²) in [6.07, 6.45) is 2.01. The normalized spacial score (nSPS) is 10.2. The van der Waals surface area contributed by atoms with Gasteiger partial charge >= 0.3 is 0 Å². The molecule has 0 bridgehead atoms. The summed E-state index contributed by atoms with van der Waals surface area (Å²) < 4.78 is 0. The molecule has 1 rings (SSSR count). The fourth-order valence-corrected chi connectivity index (χ4v) is 1.81. The summed E-state index contributed by atoms with van der Waals surface area (Å²) in [6, 6.07) is 2.03. The van der Waals surface area contributed by atoms with Gasteiger partial charge < -0.3 is 11.5 Å². The van der Waals surface area contributed by atoms with Crippen molar-refractivity contribution < 1.29 is 0 Å². The number of hydrogen-bond donors (Lipinski definition) is 2. The molecular weight excluding hydrogens is 168 g/mol. The lowest BCUT2D eigenvalue weighted by atomic mass is 10.1. The first-order valence-corrected chi connectivity index (χ1v) is 4.99. The maximum atomic E-state index is 5.86. The van der Waals surface area contributed by atoms with Crippen molar-refractivity contribution in [2.45, 2.75) is 18.7 Å². The lowest BCUT2D eigenvalue weighted by Gasteiger charge is -2.11. The van der Waals surface area contributed by atoms with E-state index in [0.717, 1.165) is 27.4 Å². The predicted octanol–water partition coefficient (Wildman–Crippen LogP) is 2.19. The van der Waals surface area contributed by atoms with Gasteiger partial charge in [-0.1, -0.05) is 0 Å². The van der Waals surface area contributed by atoms with Gasteiger partial charge in [-0.05, 0) is 37.3 Å². The standard InChI is InChI=1S/C9H14N2S/c1-5-4-7(12-3)9(11)6(2)8(5)10/h4H,10-11H2,1-3H3. The molecule has 66 valence electrons. The molecule has 0 aliphatic carbocycles. The van der Waals surface area contributed by atoms with Crippen LogP contribution >= 0.6 is 11.8 Å². The van der Waals surface area contributed by atoms with E-state index in [9.17, 15) is 0 Å². The van der Waals surface area contributed by atoms with Crippen LogP contribution in [0.2, 0.25) is 0 Å². The summed E-state index contributed by atoms with van der Waals surface area (Å²) in [6.45, 7) is 3.96. The summed E-state index contributed by atoms with van der Waals surface area (Å²) in [5.41, 5.74) is 15.4. The molecule has 0 aromatic heterocycles. The predicted molar refractivity (Wildman–Crippen MR) is 56.5 cm³/mol. The highest BCUT2D eigenvalue weighted by molar-refractivity contribution is 7.98. The zero-order chi connectivity index (χ0) is 9.30. The van der Waals surface area contributed by atoms with Crippen LogP contribution in [0.4, 0.5) is 11.4 Å². The van der Waals surface area contributed by atoms with E-state index in [4.69, 9.17) is 11.5 Å². The number of nitrogens with two attached hydrogens (primary N) is 2. The maximum Gasteiger partial charge on any atom is 0.0502 e. The van der Waals surface area contributed by atoms with E-state index in [0.29, 0.717) is 0 Å². The van der Waals surface area contributed by atoms with Crippen LogP contribution in [0.25, 0.3) is 0 Å². The highest BCUT2D eigenvalue weighted by Gasteiger charge is 2.06. The van der Waals surface area contributed by atoms with Gasteiger partial charge in [-0.2, -0.15) is 0 Å². The lowest BCUT2D eigenvalue weighted by Crippen LogP contribution is -2.00. The highest BCUT2D eigenvalue weighted by Crippen LogP contribution is 2.31. The minimum atomic E-state index is 0.810. The molecule has 0 fully saturated rings. The number of rotatable bonds is 1. The molecule has 0 atom stereocenters. The van der Waals surface area contributed by atoms with Crippen molar-refractivity contribution in [2.24, 2.45) is 0 Å². The van der Waals surface area contributed by atoms with Crippen LogP contribution < -0.4 is 11.5 Å². The Balaban J connectivity index is 3.39. The Labute approximate surface area is 77.3 Å². The van der Waals surface area contributed by atoms with Crippen molar-refractivity contribution in [1.29, 1.82) is 0 Å². The molecule has 0 aliphatic rings. The zero-order valence-corrected chi connectivity index (χ0v) is 8.46. The van der Waals surface area contributed by atoms with Crippen molar-refractivity contribution in [3.8, 4) is 0 Å². The van der Waals surface area contributed by atoms with Crippen LogP contribution in [0.15, 0.2) is 11.0 Å². The smallest absolute Gasteiger partial charge is 0.0502 e. The van der Waals surface area contributed by atoms with Gasteiger partial charge in [-0.3, -0.25) is 0 Å². The molecule has 0 heterocycles. The lowest BCUT2D eigenvalue weighted by molar-refractivity contribution is 1.31. The summed E-state index contributed by atoms with van der Waals surface area (Å²) in [5, 5.41) is 0. The van der Waals surface area contributed by atoms with Gasteiger partial charge in [0.05, 0.1) is 5.69 Å². The maximum absolute atomic E-state index is 5.86. The first-order chi connectivity index (χ1) is 5.57.